The first-order valence-corrected chi connectivity index (χ1v) is 13.8. The van der Waals surface area contributed by atoms with E-state index >= 15 is 0 Å². The summed E-state index contributed by atoms with van der Waals surface area (Å²) in [5, 5.41) is 4.27. The predicted molar refractivity (Wildman–Crippen MR) is 139 cm³/mol. The Labute approximate surface area is 195 Å². The monoisotopic (exact) mass is 442 g/mol. The van der Waals surface area contributed by atoms with Crippen LogP contribution in [0.5, 0.6) is 0 Å². The van der Waals surface area contributed by atoms with Gasteiger partial charge in [0.1, 0.15) is 0 Å². The molecule has 4 rings (SSSR count). The normalized spacial score (nSPS) is 19.5. The van der Waals surface area contributed by atoms with E-state index < -0.39 is 8.07 Å². The fourth-order valence-electron chi connectivity index (χ4n) is 5.13. The second-order valence-electron chi connectivity index (χ2n) is 10.2. The third-order valence-electron chi connectivity index (χ3n) is 7.86. The maximum atomic E-state index is 6.55. The van der Waals surface area contributed by atoms with E-state index in [2.05, 4.69) is 133 Å². The zero-order valence-electron chi connectivity index (χ0n) is 20.2. The van der Waals surface area contributed by atoms with Gasteiger partial charge in [0.25, 0.3) is 0 Å². The van der Waals surface area contributed by atoms with Gasteiger partial charge in [0, 0.05) is 0 Å². The van der Waals surface area contributed by atoms with Crippen molar-refractivity contribution < 1.29 is 9.31 Å². The molecule has 3 aromatic carbocycles. The van der Waals surface area contributed by atoms with Crippen LogP contribution in [-0.4, -0.2) is 26.4 Å². The Hall–Kier alpha value is -2.14. The lowest BCUT2D eigenvalue weighted by Crippen LogP contribution is -2.70. The molecule has 4 heteroatoms. The fraction of sp³-hybridized carbons (Fsp3) is 0.357. The lowest BCUT2D eigenvalue weighted by Gasteiger charge is -2.42. The Kier molecular flexibility index (Phi) is 6.23. The van der Waals surface area contributed by atoms with Crippen LogP contribution in [0.4, 0.5) is 0 Å². The average molecular weight is 442 g/mol. The summed E-state index contributed by atoms with van der Waals surface area (Å²) in [4.78, 5) is 0. The van der Waals surface area contributed by atoms with Crippen molar-refractivity contribution in [1.82, 2.24) is 0 Å². The van der Waals surface area contributed by atoms with Crippen molar-refractivity contribution in [2.75, 3.05) is 0 Å². The van der Waals surface area contributed by atoms with Crippen molar-refractivity contribution in [3.05, 3.63) is 91.0 Å². The third kappa shape index (κ3) is 3.79. The summed E-state index contributed by atoms with van der Waals surface area (Å²) in [6, 6.07) is 33.3. The van der Waals surface area contributed by atoms with Gasteiger partial charge in [-0.2, -0.15) is 0 Å². The Bertz CT molecular complexity index is 908. The zero-order chi connectivity index (χ0) is 23.0. The average Bonchev–Trinajstić information content (AvgIpc) is 3.03. The molecule has 0 radical (unpaired) electrons. The van der Waals surface area contributed by atoms with Gasteiger partial charge in [0.05, 0.1) is 11.2 Å². The van der Waals surface area contributed by atoms with Crippen molar-refractivity contribution in [1.29, 1.82) is 0 Å². The van der Waals surface area contributed by atoms with E-state index in [1.54, 1.807) is 0 Å². The van der Waals surface area contributed by atoms with Crippen molar-refractivity contribution in [3.8, 4) is 0 Å². The minimum Gasteiger partial charge on any atom is -0.403 e. The molecule has 1 fully saturated rings. The molecule has 32 heavy (non-hydrogen) atoms. The van der Waals surface area contributed by atoms with E-state index in [1.807, 2.05) is 0 Å². The molecule has 1 heterocycles. The van der Waals surface area contributed by atoms with Crippen molar-refractivity contribution in [2.45, 2.75) is 64.1 Å². The quantitative estimate of drug-likeness (QED) is 0.394. The van der Waals surface area contributed by atoms with Crippen LogP contribution in [-0.2, 0) is 9.31 Å². The summed E-state index contributed by atoms with van der Waals surface area (Å²) in [7, 11) is -2.65. The number of hydrogen-bond donors (Lipinski definition) is 0. The molecule has 0 bridgehead atoms. The molecular formula is C28H35BO2Si. The summed E-state index contributed by atoms with van der Waals surface area (Å²) in [5.74, 6) is 0.211. The SMILES string of the molecule is CC([C@H](C)B1OC(C)(C)C(C)(C)O1)[Si](c1ccccc1)(c1ccccc1)c1ccccc1. The molecule has 0 saturated carbocycles. The van der Waals surface area contributed by atoms with Gasteiger partial charge >= 0.3 is 7.12 Å². The first kappa shape index (κ1) is 23.0. The minimum absolute atomic E-state index is 0.211. The Morgan fingerprint density at radius 1 is 0.594 bits per heavy atom. The van der Waals surface area contributed by atoms with Crippen LogP contribution in [0.3, 0.4) is 0 Å². The van der Waals surface area contributed by atoms with E-state index in [-0.39, 0.29) is 24.1 Å². The second kappa shape index (κ2) is 8.66. The summed E-state index contributed by atoms with van der Waals surface area (Å²) in [5.41, 5.74) is -0.325. The number of benzene rings is 3. The van der Waals surface area contributed by atoms with Crippen molar-refractivity contribution >= 4 is 30.8 Å². The summed E-state index contributed by atoms with van der Waals surface area (Å²) < 4.78 is 13.1. The molecule has 0 amide bonds. The first-order chi connectivity index (χ1) is 15.2. The van der Waals surface area contributed by atoms with Gasteiger partial charge in [-0.1, -0.05) is 105 Å². The Morgan fingerprint density at radius 2 is 0.906 bits per heavy atom. The van der Waals surface area contributed by atoms with Gasteiger partial charge in [0.2, 0.25) is 0 Å². The molecule has 0 aliphatic carbocycles. The summed E-state index contributed by atoms with van der Waals surface area (Å²) >= 11 is 0. The summed E-state index contributed by atoms with van der Waals surface area (Å²) in [6.07, 6.45) is 0. The second-order valence-corrected chi connectivity index (χ2v) is 14.4. The Balaban J connectivity index is 1.90. The van der Waals surface area contributed by atoms with E-state index in [9.17, 15) is 0 Å². The highest BCUT2D eigenvalue weighted by Crippen LogP contribution is 2.45. The molecule has 166 valence electrons. The van der Waals surface area contributed by atoms with Gasteiger partial charge in [-0.3, -0.25) is 0 Å². The highest BCUT2D eigenvalue weighted by Gasteiger charge is 2.57. The standard InChI is InChI=1S/C28H35BO2Si/c1-22(29-30-27(3,4)28(5,6)31-29)23(2)32(24-16-10-7-11-17-24,25-18-12-8-13-19-25)26-20-14-9-15-21-26/h7-23H,1-6H3/t22-,23?/m0/s1. The molecule has 0 N–H and O–H groups in total. The van der Waals surface area contributed by atoms with Gasteiger partial charge in [-0.25, -0.2) is 0 Å². The zero-order valence-corrected chi connectivity index (χ0v) is 21.2. The largest absolute Gasteiger partial charge is 0.460 e. The van der Waals surface area contributed by atoms with Crippen LogP contribution in [0.15, 0.2) is 91.0 Å². The highest BCUT2D eigenvalue weighted by molar-refractivity contribution is 7.12. The first-order valence-electron chi connectivity index (χ1n) is 11.7. The van der Waals surface area contributed by atoms with Crippen molar-refractivity contribution in [3.63, 3.8) is 0 Å². The van der Waals surface area contributed by atoms with Crippen LogP contribution in [0.1, 0.15) is 41.5 Å². The van der Waals surface area contributed by atoms with Gasteiger partial charge in [-0.15, -0.1) is 0 Å². The Morgan fingerprint density at radius 3 is 1.22 bits per heavy atom. The molecule has 2 atom stereocenters. The molecule has 1 aliphatic heterocycles. The van der Waals surface area contributed by atoms with Gasteiger partial charge < -0.3 is 9.31 Å². The molecule has 0 spiro atoms. The highest BCUT2D eigenvalue weighted by atomic mass is 28.3. The molecule has 1 saturated heterocycles. The molecule has 3 aromatic rings. The predicted octanol–water partition coefficient (Wildman–Crippen LogP) is 5.03. The van der Waals surface area contributed by atoms with Crippen LogP contribution >= 0.6 is 0 Å². The minimum atomic E-state index is -2.41. The lowest BCUT2D eigenvalue weighted by atomic mass is 9.71. The third-order valence-corrected chi connectivity index (χ3v) is 13.5. The maximum Gasteiger partial charge on any atom is 0.460 e. The van der Waals surface area contributed by atoms with E-state index in [0.29, 0.717) is 5.54 Å². The van der Waals surface area contributed by atoms with Crippen molar-refractivity contribution in [2.24, 2.45) is 0 Å². The smallest absolute Gasteiger partial charge is 0.403 e. The van der Waals surface area contributed by atoms with Gasteiger partial charge in [-0.05, 0) is 54.6 Å². The van der Waals surface area contributed by atoms with E-state index in [0.717, 1.165) is 0 Å². The molecule has 0 aromatic heterocycles. The van der Waals surface area contributed by atoms with Crippen LogP contribution < -0.4 is 15.6 Å². The molecule has 2 nitrogen and oxygen atoms in total. The van der Waals surface area contributed by atoms with Crippen LogP contribution in [0.2, 0.25) is 11.4 Å². The van der Waals surface area contributed by atoms with Crippen LogP contribution in [0.25, 0.3) is 0 Å². The van der Waals surface area contributed by atoms with E-state index in [1.165, 1.54) is 15.6 Å². The molecule has 1 aliphatic rings. The topological polar surface area (TPSA) is 18.5 Å². The van der Waals surface area contributed by atoms with Crippen LogP contribution in [0, 0.1) is 0 Å². The van der Waals surface area contributed by atoms with Gasteiger partial charge in [0.15, 0.2) is 8.07 Å². The lowest BCUT2D eigenvalue weighted by molar-refractivity contribution is 0.00578. The number of rotatable bonds is 6. The maximum absolute atomic E-state index is 6.55. The fourth-order valence-corrected chi connectivity index (χ4v) is 10.8. The summed E-state index contributed by atoms with van der Waals surface area (Å²) in [6.45, 7) is 13.3. The number of hydrogen-bond acceptors (Lipinski definition) is 2. The van der Waals surface area contributed by atoms with E-state index in [4.69, 9.17) is 9.31 Å². The molecule has 1 unspecified atom stereocenters. The molecular weight excluding hydrogens is 407 g/mol.